The highest BCUT2D eigenvalue weighted by Crippen LogP contribution is 2.40. The van der Waals surface area contributed by atoms with Gasteiger partial charge in [-0.05, 0) is 42.3 Å². The molecule has 1 fully saturated rings. The lowest BCUT2D eigenvalue weighted by Gasteiger charge is -2.27. The average Bonchev–Trinajstić information content (AvgIpc) is 2.94. The fourth-order valence-corrected chi connectivity index (χ4v) is 3.68. The summed E-state index contributed by atoms with van der Waals surface area (Å²) in [6, 6.07) is 15.9. The molecule has 1 aliphatic rings. The molecule has 2 N–H and O–H groups in total. The largest absolute Gasteiger partial charge is 0.354 e. The number of hydrogen-bond donors (Lipinski definition) is 2. The van der Waals surface area contributed by atoms with Crippen molar-refractivity contribution in [1.29, 1.82) is 0 Å². The van der Waals surface area contributed by atoms with Crippen LogP contribution in [0.5, 0.6) is 0 Å². The number of aromatic amines is 1. The second-order valence-corrected chi connectivity index (χ2v) is 6.52. The van der Waals surface area contributed by atoms with Crippen LogP contribution in [-0.2, 0) is 0 Å². The molecule has 2 aromatic carbocycles. The molecule has 0 bridgehead atoms. The zero-order valence-corrected chi connectivity index (χ0v) is 13.4. The summed E-state index contributed by atoms with van der Waals surface area (Å²) in [7, 11) is 0. The second-order valence-electron chi connectivity index (χ2n) is 6.08. The number of benzene rings is 2. The van der Waals surface area contributed by atoms with Crippen molar-refractivity contribution < 1.29 is 4.39 Å². The Morgan fingerprint density at radius 2 is 1.91 bits per heavy atom. The normalized spacial score (nSPS) is 21.7. The molecule has 2 nitrogen and oxygen atoms in total. The topological polar surface area (TPSA) is 27.8 Å². The van der Waals surface area contributed by atoms with Crippen LogP contribution in [0.25, 0.3) is 22.2 Å². The Morgan fingerprint density at radius 1 is 1.09 bits per heavy atom. The molecule has 0 spiro atoms. The van der Waals surface area contributed by atoms with Crippen molar-refractivity contribution in [1.82, 2.24) is 10.3 Å². The number of aromatic nitrogens is 1. The number of H-pyrrole nitrogens is 1. The minimum atomic E-state index is -0.836. The van der Waals surface area contributed by atoms with Gasteiger partial charge in [0.25, 0.3) is 0 Å². The summed E-state index contributed by atoms with van der Waals surface area (Å²) < 4.78 is 14.6. The molecule has 0 radical (unpaired) electrons. The Balaban J connectivity index is 1.96. The van der Waals surface area contributed by atoms with E-state index in [1.54, 1.807) is 0 Å². The van der Waals surface area contributed by atoms with Gasteiger partial charge < -0.3 is 10.3 Å². The lowest BCUT2D eigenvalue weighted by atomic mass is 9.86. The van der Waals surface area contributed by atoms with Crippen molar-refractivity contribution in [3.63, 3.8) is 0 Å². The molecule has 4 rings (SSSR count). The number of halogens is 2. The Bertz CT molecular complexity index is 828. The van der Waals surface area contributed by atoms with Gasteiger partial charge in [0.15, 0.2) is 0 Å². The van der Waals surface area contributed by atoms with Crippen molar-refractivity contribution in [2.75, 3.05) is 13.1 Å². The lowest BCUT2D eigenvalue weighted by molar-refractivity contribution is 0.229. The minimum absolute atomic E-state index is 0.161. The van der Waals surface area contributed by atoms with Crippen molar-refractivity contribution in [3.8, 4) is 11.3 Å². The van der Waals surface area contributed by atoms with E-state index in [2.05, 4.69) is 22.4 Å². The first-order valence-electron chi connectivity index (χ1n) is 7.95. The third-order valence-electron chi connectivity index (χ3n) is 4.63. The second kappa shape index (κ2) is 5.99. The molecule has 4 heteroatoms. The van der Waals surface area contributed by atoms with E-state index >= 15 is 0 Å². The maximum absolute atomic E-state index is 14.6. The molecule has 2 unspecified atom stereocenters. The SMILES string of the molecule is FC1CCNCC1c1c(-c2ccccc2)[nH]c2ccc(Cl)cc12. The standard InChI is InChI=1S/C19H18ClFN2/c20-13-6-7-17-14(10-13)18(15-11-22-9-8-16(15)21)19(23-17)12-4-2-1-3-5-12/h1-7,10,15-16,22-23H,8-9,11H2. The van der Waals surface area contributed by atoms with Gasteiger partial charge in [0, 0.05) is 28.4 Å². The van der Waals surface area contributed by atoms with E-state index in [1.165, 1.54) is 0 Å². The van der Waals surface area contributed by atoms with E-state index in [0.29, 0.717) is 18.0 Å². The summed E-state index contributed by atoms with van der Waals surface area (Å²) in [4.78, 5) is 3.47. The molecule has 1 saturated heterocycles. The van der Waals surface area contributed by atoms with Crippen molar-refractivity contribution in [3.05, 3.63) is 59.1 Å². The van der Waals surface area contributed by atoms with Crippen LogP contribution in [0.2, 0.25) is 5.02 Å². The van der Waals surface area contributed by atoms with Crippen LogP contribution >= 0.6 is 11.6 Å². The third kappa shape index (κ3) is 2.64. The summed E-state index contributed by atoms with van der Waals surface area (Å²) in [6.45, 7) is 1.39. The molecule has 1 aliphatic heterocycles. The third-order valence-corrected chi connectivity index (χ3v) is 4.87. The van der Waals surface area contributed by atoms with E-state index in [4.69, 9.17) is 11.6 Å². The average molecular weight is 329 g/mol. The van der Waals surface area contributed by atoms with Gasteiger partial charge in [-0.1, -0.05) is 41.9 Å². The molecule has 1 aromatic heterocycles. The number of alkyl halides is 1. The molecule has 0 saturated carbocycles. The molecule has 0 aliphatic carbocycles. The number of fused-ring (bicyclic) bond motifs is 1. The number of piperidine rings is 1. The van der Waals surface area contributed by atoms with Crippen LogP contribution in [-0.4, -0.2) is 24.2 Å². The van der Waals surface area contributed by atoms with E-state index in [-0.39, 0.29) is 5.92 Å². The summed E-state index contributed by atoms with van der Waals surface area (Å²) in [5.74, 6) is -0.161. The fraction of sp³-hybridized carbons (Fsp3) is 0.263. The Hall–Kier alpha value is -1.84. The molecule has 23 heavy (non-hydrogen) atoms. The first-order chi connectivity index (χ1) is 11.2. The van der Waals surface area contributed by atoms with Gasteiger partial charge in [0.1, 0.15) is 6.17 Å². The first kappa shape index (κ1) is 14.7. The van der Waals surface area contributed by atoms with Crippen LogP contribution in [0.4, 0.5) is 4.39 Å². The highest BCUT2D eigenvalue weighted by Gasteiger charge is 2.31. The van der Waals surface area contributed by atoms with Gasteiger partial charge in [0.2, 0.25) is 0 Å². The quantitative estimate of drug-likeness (QED) is 0.687. The maximum atomic E-state index is 14.6. The molecule has 118 valence electrons. The zero-order chi connectivity index (χ0) is 15.8. The van der Waals surface area contributed by atoms with Crippen molar-refractivity contribution in [2.24, 2.45) is 0 Å². The Labute approximate surface area is 139 Å². The number of nitrogens with one attached hydrogen (secondary N) is 2. The van der Waals surface area contributed by atoms with Gasteiger partial charge in [-0.25, -0.2) is 4.39 Å². The Kier molecular flexibility index (Phi) is 3.83. The highest BCUT2D eigenvalue weighted by atomic mass is 35.5. The summed E-state index contributed by atoms with van der Waals surface area (Å²) in [5.41, 5.74) is 4.11. The smallest absolute Gasteiger partial charge is 0.109 e. The van der Waals surface area contributed by atoms with Crippen LogP contribution in [0, 0.1) is 0 Å². The number of hydrogen-bond acceptors (Lipinski definition) is 1. The summed E-state index contributed by atoms with van der Waals surface area (Å²) >= 11 is 6.20. The van der Waals surface area contributed by atoms with Gasteiger partial charge in [0.05, 0.1) is 5.69 Å². The summed E-state index contributed by atoms with van der Waals surface area (Å²) in [6.07, 6.45) is -0.289. The molecule has 2 heterocycles. The summed E-state index contributed by atoms with van der Waals surface area (Å²) in [5, 5.41) is 5.02. The lowest BCUT2D eigenvalue weighted by Crippen LogP contribution is -2.36. The van der Waals surface area contributed by atoms with Crippen LogP contribution in [0.15, 0.2) is 48.5 Å². The van der Waals surface area contributed by atoms with Gasteiger partial charge in [-0.3, -0.25) is 0 Å². The molecule has 3 aromatic rings. The Morgan fingerprint density at radius 3 is 2.70 bits per heavy atom. The van der Waals surface area contributed by atoms with Gasteiger partial charge in [-0.15, -0.1) is 0 Å². The van der Waals surface area contributed by atoms with Crippen LogP contribution < -0.4 is 5.32 Å². The molecular weight excluding hydrogens is 311 g/mol. The van der Waals surface area contributed by atoms with E-state index in [0.717, 1.165) is 34.3 Å². The molecule has 2 atom stereocenters. The van der Waals surface area contributed by atoms with E-state index in [9.17, 15) is 4.39 Å². The van der Waals surface area contributed by atoms with Crippen LogP contribution in [0.1, 0.15) is 17.9 Å². The number of rotatable bonds is 2. The molecule has 0 amide bonds. The zero-order valence-electron chi connectivity index (χ0n) is 12.7. The monoisotopic (exact) mass is 328 g/mol. The van der Waals surface area contributed by atoms with Gasteiger partial charge in [-0.2, -0.15) is 0 Å². The molecular formula is C19H18ClFN2. The van der Waals surface area contributed by atoms with Crippen LogP contribution in [0.3, 0.4) is 0 Å². The maximum Gasteiger partial charge on any atom is 0.109 e. The van der Waals surface area contributed by atoms with Crippen molar-refractivity contribution >= 4 is 22.5 Å². The predicted octanol–water partition coefficient (Wildman–Crippen LogP) is 4.90. The minimum Gasteiger partial charge on any atom is -0.354 e. The first-order valence-corrected chi connectivity index (χ1v) is 8.33. The van der Waals surface area contributed by atoms with Crippen molar-refractivity contribution in [2.45, 2.75) is 18.5 Å². The van der Waals surface area contributed by atoms with E-state index in [1.807, 2.05) is 36.4 Å². The van der Waals surface area contributed by atoms with E-state index < -0.39 is 6.17 Å². The van der Waals surface area contributed by atoms with Gasteiger partial charge >= 0.3 is 0 Å². The fourth-order valence-electron chi connectivity index (χ4n) is 3.51. The predicted molar refractivity (Wildman–Crippen MR) is 93.9 cm³/mol. The highest BCUT2D eigenvalue weighted by molar-refractivity contribution is 6.31.